The molecule has 2 fully saturated rings. The van der Waals surface area contributed by atoms with Crippen molar-refractivity contribution in [1.29, 1.82) is 0 Å². The molecule has 0 spiro atoms. The van der Waals surface area contributed by atoms with Gasteiger partial charge in [0.05, 0.1) is 0 Å². The van der Waals surface area contributed by atoms with Gasteiger partial charge < -0.3 is 47.4 Å². The largest absolute Gasteiger partial charge is 0.463 e. The van der Waals surface area contributed by atoms with E-state index in [4.69, 9.17) is 47.4 Å². The first-order valence-electron chi connectivity index (χ1n) is 14.2. The lowest BCUT2D eigenvalue weighted by atomic mass is 9.96. The molecule has 2 rings (SSSR count). The summed E-state index contributed by atoms with van der Waals surface area (Å²) in [6.07, 6.45) is -13.1. The van der Waals surface area contributed by atoms with E-state index in [-0.39, 0.29) is 0 Å². The van der Waals surface area contributed by atoms with Crippen LogP contribution in [0.2, 0.25) is 0 Å². The number of ether oxygens (including phenoxy) is 10. The molecule has 0 saturated carbocycles. The summed E-state index contributed by atoms with van der Waals surface area (Å²) in [7, 11) is 0. The fourth-order valence-corrected chi connectivity index (χ4v) is 5.72. The van der Waals surface area contributed by atoms with Gasteiger partial charge in [-0.2, -0.15) is 0 Å². The summed E-state index contributed by atoms with van der Waals surface area (Å²) < 4.78 is 56.1. The molecule has 0 radical (unpaired) electrons. The number of thioether (sulfide) groups is 1. The summed E-state index contributed by atoms with van der Waals surface area (Å²) in [5.74, 6) is -5.06. The zero-order valence-electron chi connectivity index (χ0n) is 26.7. The first-order valence-corrected chi connectivity index (χ1v) is 15.3. The van der Waals surface area contributed by atoms with Gasteiger partial charge in [-0.3, -0.25) is 33.6 Å². The van der Waals surface area contributed by atoms with Crippen molar-refractivity contribution in [3.63, 3.8) is 0 Å². The Labute approximate surface area is 269 Å². The number of carbonyl (C=O) groups is 7. The van der Waals surface area contributed by atoms with E-state index < -0.39 is 116 Å². The van der Waals surface area contributed by atoms with Gasteiger partial charge in [0.1, 0.15) is 37.0 Å². The summed E-state index contributed by atoms with van der Waals surface area (Å²) in [5.41, 5.74) is -0.922. The van der Waals surface area contributed by atoms with Crippen molar-refractivity contribution in [1.82, 2.24) is 0 Å². The van der Waals surface area contributed by atoms with Crippen molar-refractivity contribution < 1.29 is 80.9 Å². The minimum absolute atomic E-state index is 0.434. The summed E-state index contributed by atoms with van der Waals surface area (Å²) in [5, 5.41) is 0. The lowest BCUT2D eigenvalue weighted by Crippen LogP contribution is -2.66. The van der Waals surface area contributed by atoms with Gasteiger partial charge in [-0.1, -0.05) is 6.92 Å². The van der Waals surface area contributed by atoms with Gasteiger partial charge in [0.25, 0.3) is 0 Å². The molecule has 17 nitrogen and oxygen atoms in total. The summed E-state index contributed by atoms with van der Waals surface area (Å²) in [6.45, 7) is 8.52. The van der Waals surface area contributed by atoms with Crippen molar-refractivity contribution in [2.45, 2.75) is 116 Å². The van der Waals surface area contributed by atoms with Crippen LogP contribution in [0.5, 0.6) is 0 Å². The van der Waals surface area contributed by atoms with Crippen LogP contribution in [-0.2, 0) is 80.9 Å². The van der Waals surface area contributed by atoms with Crippen molar-refractivity contribution in [2.24, 2.45) is 0 Å². The third-order valence-electron chi connectivity index (χ3n) is 6.22. The second-order valence-corrected chi connectivity index (χ2v) is 11.5. The SMILES string of the molecule is CCS[C@@H]1OC(COC(C)=O)[C@@H](O[C@@H]2OC(COC(C)=O)[C@@H](OC(C)=O)C(OC(C)=O)C2OC(C)=O)[C@H](OC(C)=O)C1OC(C)=O. The quantitative estimate of drug-likeness (QED) is 0.190. The highest BCUT2D eigenvalue weighted by atomic mass is 32.2. The smallest absolute Gasteiger partial charge is 0.303 e. The molecule has 5 unspecified atom stereocenters. The average Bonchev–Trinajstić information content (AvgIpc) is 2.91. The summed E-state index contributed by atoms with van der Waals surface area (Å²) in [6, 6.07) is 0. The minimum Gasteiger partial charge on any atom is -0.463 e. The predicted octanol–water partition coefficient (Wildman–Crippen LogP) is 0.359. The monoisotopic (exact) mass is 680 g/mol. The Morgan fingerprint density at radius 3 is 1.33 bits per heavy atom. The Bertz CT molecular complexity index is 1130. The van der Waals surface area contributed by atoms with E-state index in [1.54, 1.807) is 6.92 Å². The van der Waals surface area contributed by atoms with Crippen LogP contribution in [0, 0.1) is 0 Å². The molecule has 2 heterocycles. The van der Waals surface area contributed by atoms with E-state index in [1.165, 1.54) is 11.8 Å². The number of hydrogen-bond acceptors (Lipinski definition) is 18. The van der Waals surface area contributed by atoms with Crippen LogP contribution in [0.25, 0.3) is 0 Å². The zero-order valence-corrected chi connectivity index (χ0v) is 27.6. The third-order valence-corrected chi connectivity index (χ3v) is 7.26. The Morgan fingerprint density at radius 2 is 0.891 bits per heavy atom. The standard InChI is InChI=1S/C28H40O17S/c1-9-46-28-26(42-18(8)35)24(40-16(6)33)22(20(44-28)11-37-13(3)30)45-27-25(41-17(7)34)23(39-15(5)32)21(38-14(4)31)19(43-27)10-36-12(2)29/h19-28H,9-11H2,1-8H3/t19?,20?,21-,22-,23?,24+,25?,26?,27+,28+/m1/s1. The van der Waals surface area contributed by atoms with Crippen molar-refractivity contribution in [3.8, 4) is 0 Å². The Balaban J connectivity index is 2.70. The molecule has 0 aromatic carbocycles. The molecule has 0 N–H and O–H groups in total. The van der Waals surface area contributed by atoms with Gasteiger partial charge in [0.2, 0.25) is 0 Å². The molecule has 2 saturated heterocycles. The van der Waals surface area contributed by atoms with Crippen molar-refractivity contribution >= 4 is 53.5 Å². The first kappa shape index (κ1) is 38.7. The fourth-order valence-electron chi connectivity index (χ4n) is 4.77. The van der Waals surface area contributed by atoms with Crippen LogP contribution in [0.4, 0.5) is 0 Å². The van der Waals surface area contributed by atoms with Gasteiger partial charge in [-0.25, -0.2) is 0 Å². The highest BCUT2D eigenvalue weighted by molar-refractivity contribution is 7.99. The normalized spacial score (nSPS) is 30.6. The molecule has 260 valence electrons. The maximum atomic E-state index is 12.3. The predicted molar refractivity (Wildman–Crippen MR) is 151 cm³/mol. The van der Waals surface area contributed by atoms with Crippen LogP contribution in [0.15, 0.2) is 0 Å². The topological polar surface area (TPSA) is 212 Å². The number of hydrogen-bond donors (Lipinski definition) is 0. The van der Waals surface area contributed by atoms with E-state index in [0.717, 1.165) is 48.5 Å². The van der Waals surface area contributed by atoms with Crippen molar-refractivity contribution in [3.05, 3.63) is 0 Å². The van der Waals surface area contributed by atoms with E-state index in [0.29, 0.717) is 5.75 Å². The number of carbonyl (C=O) groups excluding carboxylic acids is 7. The van der Waals surface area contributed by atoms with Gasteiger partial charge in [-0.15, -0.1) is 11.8 Å². The second kappa shape index (κ2) is 18.0. The molecular weight excluding hydrogens is 640 g/mol. The Morgan fingerprint density at radius 1 is 0.500 bits per heavy atom. The van der Waals surface area contributed by atoms with Gasteiger partial charge >= 0.3 is 41.8 Å². The van der Waals surface area contributed by atoms with Crippen LogP contribution in [-0.4, -0.2) is 121 Å². The first-order chi connectivity index (χ1) is 21.5. The molecule has 0 aromatic heterocycles. The van der Waals surface area contributed by atoms with Crippen molar-refractivity contribution in [2.75, 3.05) is 19.0 Å². The maximum Gasteiger partial charge on any atom is 0.303 e. The molecular formula is C28H40O17S. The highest BCUT2D eigenvalue weighted by Crippen LogP contribution is 2.37. The molecule has 0 aliphatic carbocycles. The van der Waals surface area contributed by atoms with E-state index in [2.05, 4.69) is 0 Å². The van der Waals surface area contributed by atoms with Crippen LogP contribution < -0.4 is 0 Å². The Kier molecular flexibility index (Phi) is 15.2. The second-order valence-electron chi connectivity index (χ2n) is 10.1. The third kappa shape index (κ3) is 11.7. The summed E-state index contributed by atoms with van der Waals surface area (Å²) >= 11 is 1.21. The molecule has 0 bridgehead atoms. The molecule has 10 atom stereocenters. The van der Waals surface area contributed by atoms with Gasteiger partial charge in [-0.05, 0) is 5.75 Å². The molecule has 0 amide bonds. The highest BCUT2D eigenvalue weighted by Gasteiger charge is 2.57. The molecule has 2 aliphatic rings. The maximum absolute atomic E-state index is 12.3. The van der Waals surface area contributed by atoms with Crippen LogP contribution in [0.1, 0.15) is 55.4 Å². The van der Waals surface area contributed by atoms with Gasteiger partial charge in [0, 0.05) is 48.5 Å². The Hall–Kier alpha value is -3.48. The zero-order chi connectivity index (χ0) is 34.7. The number of esters is 7. The summed E-state index contributed by atoms with van der Waals surface area (Å²) in [4.78, 5) is 84.5. The molecule has 46 heavy (non-hydrogen) atoms. The number of rotatable bonds is 13. The van der Waals surface area contributed by atoms with E-state index >= 15 is 0 Å². The lowest BCUT2D eigenvalue weighted by molar-refractivity contribution is -0.341. The lowest BCUT2D eigenvalue weighted by Gasteiger charge is -2.48. The minimum atomic E-state index is -1.72. The fraction of sp³-hybridized carbons (Fsp3) is 0.750. The average molecular weight is 681 g/mol. The molecule has 2 aliphatic heterocycles. The van der Waals surface area contributed by atoms with Crippen LogP contribution >= 0.6 is 11.8 Å². The molecule has 0 aromatic rings. The van der Waals surface area contributed by atoms with E-state index in [9.17, 15) is 33.6 Å². The van der Waals surface area contributed by atoms with E-state index in [1.807, 2.05) is 0 Å². The van der Waals surface area contributed by atoms with Crippen LogP contribution in [0.3, 0.4) is 0 Å². The molecule has 18 heteroatoms. The van der Waals surface area contributed by atoms with Gasteiger partial charge in [0.15, 0.2) is 36.8 Å².